The van der Waals surface area contributed by atoms with Crippen LogP contribution >= 0.6 is 11.6 Å². The number of nitro groups is 1. The molecule has 0 aliphatic heterocycles. The Morgan fingerprint density at radius 3 is 2.93 bits per heavy atom. The maximum atomic E-state index is 10.6. The van der Waals surface area contributed by atoms with Gasteiger partial charge in [0.1, 0.15) is 10.5 Å². The molecule has 0 aliphatic carbocycles. The van der Waals surface area contributed by atoms with Crippen LogP contribution in [-0.2, 0) is 0 Å². The molecule has 1 aromatic carbocycles. The molecule has 0 fully saturated rings. The number of benzene rings is 1. The van der Waals surface area contributed by atoms with Crippen molar-refractivity contribution in [2.24, 2.45) is 0 Å². The number of fused-ring (bicyclic) bond motifs is 1. The van der Waals surface area contributed by atoms with E-state index in [1.165, 1.54) is 12.1 Å². The van der Waals surface area contributed by atoms with E-state index in [0.29, 0.717) is 4.85 Å². The van der Waals surface area contributed by atoms with Crippen molar-refractivity contribution in [3.63, 3.8) is 0 Å². The molecular weight excluding hydrogens is 212 g/mol. The van der Waals surface area contributed by atoms with Gasteiger partial charge in [-0.3, -0.25) is 10.1 Å². The summed E-state index contributed by atoms with van der Waals surface area (Å²) in [5.74, 6) is 0. The highest BCUT2D eigenvalue weighted by Gasteiger charge is 2.21. The minimum atomic E-state index is -0.667. The number of nitrogens with zero attached hydrogens (tertiary/aromatic N) is 4. The van der Waals surface area contributed by atoms with Crippen molar-refractivity contribution in [1.82, 2.24) is 15.2 Å². The van der Waals surface area contributed by atoms with Crippen LogP contribution in [0.3, 0.4) is 0 Å². The molecule has 0 bridgehead atoms. The second-order valence-corrected chi connectivity index (χ2v) is 2.91. The van der Waals surface area contributed by atoms with Gasteiger partial charge >= 0.3 is 5.69 Å². The smallest absolute Gasteiger partial charge is 0.317 e. The Morgan fingerprint density at radius 2 is 2.29 bits per heavy atom. The van der Waals surface area contributed by atoms with Crippen molar-refractivity contribution in [3.8, 4) is 0 Å². The maximum absolute atomic E-state index is 10.6. The van der Waals surface area contributed by atoms with Gasteiger partial charge < -0.3 is 5.21 Å². The predicted molar refractivity (Wildman–Crippen MR) is 46.4 cm³/mol. The van der Waals surface area contributed by atoms with E-state index in [1.807, 2.05) is 0 Å². The molecule has 2 aromatic rings. The van der Waals surface area contributed by atoms with E-state index < -0.39 is 4.92 Å². The van der Waals surface area contributed by atoms with Gasteiger partial charge in [0, 0.05) is 0 Å². The standard InChI is InChI=1S/C6H3ClN4O3/c7-3-1-2-4-5(6(3)11(13)14)8-9-10(4)12/h1-2,12H. The highest BCUT2D eigenvalue weighted by Crippen LogP contribution is 2.30. The summed E-state index contributed by atoms with van der Waals surface area (Å²) in [6.45, 7) is 0. The third-order valence-electron chi connectivity index (χ3n) is 1.71. The first kappa shape index (κ1) is 8.70. The summed E-state index contributed by atoms with van der Waals surface area (Å²) in [7, 11) is 0. The topological polar surface area (TPSA) is 94.1 Å². The molecule has 0 amide bonds. The Kier molecular flexibility index (Phi) is 1.74. The number of rotatable bonds is 1. The van der Waals surface area contributed by atoms with E-state index in [-0.39, 0.29) is 21.7 Å². The van der Waals surface area contributed by atoms with Crippen LogP contribution in [0.5, 0.6) is 0 Å². The second kappa shape index (κ2) is 2.81. The zero-order chi connectivity index (χ0) is 10.3. The predicted octanol–water partition coefficient (Wildman–Crippen LogP) is 1.23. The molecule has 14 heavy (non-hydrogen) atoms. The van der Waals surface area contributed by atoms with Crippen LogP contribution in [0.2, 0.25) is 5.02 Å². The molecule has 0 spiro atoms. The fourth-order valence-corrected chi connectivity index (χ4v) is 1.33. The zero-order valence-corrected chi connectivity index (χ0v) is 7.34. The van der Waals surface area contributed by atoms with Crippen molar-refractivity contribution in [2.75, 3.05) is 0 Å². The molecule has 7 nitrogen and oxygen atoms in total. The van der Waals surface area contributed by atoms with Gasteiger partial charge in [-0.05, 0) is 17.3 Å². The van der Waals surface area contributed by atoms with Crippen LogP contribution in [0.4, 0.5) is 5.69 Å². The van der Waals surface area contributed by atoms with Crippen molar-refractivity contribution < 1.29 is 10.1 Å². The molecule has 0 saturated heterocycles. The first-order valence-corrected chi connectivity index (χ1v) is 3.86. The maximum Gasteiger partial charge on any atom is 0.317 e. The van der Waals surface area contributed by atoms with Gasteiger partial charge in [-0.25, -0.2) is 0 Å². The minimum absolute atomic E-state index is 0.0370. The highest BCUT2D eigenvalue weighted by atomic mass is 35.5. The van der Waals surface area contributed by atoms with Gasteiger partial charge in [-0.2, -0.15) is 0 Å². The largest absolute Gasteiger partial charge is 0.410 e. The summed E-state index contributed by atoms with van der Waals surface area (Å²) in [6.07, 6.45) is 0. The van der Waals surface area contributed by atoms with Crippen molar-refractivity contribution in [1.29, 1.82) is 0 Å². The lowest BCUT2D eigenvalue weighted by Gasteiger charge is -1.94. The molecule has 0 atom stereocenters. The Bertz CT molecular complexity index is 523. The average molecular weight is 215 g/mol. The summed E-state index contributed by atoms with van der Waals surface area (Å²) in [5, 5.41) is 26.3. The number of hydrogen-bond donors (Lipinski definition) is 1. The van der Waals surface area contributed by atoms with Gasteiger partial charge in [0.05, 0.1) is 4.92 Å². The molecule has 1 N–H and O–H groups in total. The van der Waals surface area contributed by atoms with Crippen LogP contribution in [0.1, 0.15) is 0 Å². The van der Waals surface area contributed by atoms with Gasteiger partial charge in [-0.1, -0.05) is 16.4 Å². The fraction of sp³-hybridized carbons (Fsp3) is 0. The molecule has 0 unspecified atom stereocenters. The van der Waals surface area contributed by atoms with Crippen molar-refractivity contribution in [3.05, 3.63) is 27.3 Å². The third-order valence-corrected chi connectivity index (χ3v) is 2.01. The van der Waals surface area contributed by atoms with Crippen LogP contribution < -0.4 is 0 Å². The lowest BCUT2D eigenvalue weighted by molar-refractivity contribution is -0.383. The fourth-order valence-electron chi connectivity index (χ4n) is 1.11. The molecule has 72 valence electrons. The van der Waals surface area contributed by atoms with Gasteiger partial charge in [0.2, 0.25) is 0 Å². The summed E-state index contributed by atoms with van der Waals surface area (Å²) in [5.41, 5.74) is -0.254. The number of aromatic nitrogens is 3. The number of halogens is 1. The van der Waals surface area contributed by atoms with E-state index >= 15 is 0 Å². The summed E-state index contributed by atoms with van der Waals surface area (Å²) in [4.78, 5) is 10.4. The monoisotopic (exact) mass is 214 g/mol. The summed E-state index contributed by atoms with van der Waals surface area (Å²) in [6, 6.07) is 2.70. The lowest BCUT2D eigenvalue weighted by Crippen LogP contribution is -1.93. The molecule has 0 saturated carbocycles. The molecule has 2 rings (SSSR count). The molecule has 0 radical (unpaired) electrons. The first-order valence-electron chi connectivity index (χ1n) is 3.49. The third kappa shape index (κ3) is 1.06. The van der Waals surface area contributed by atoms with Crippen molar-refractivity contribution in [2.45, 2.75) is 0 Å². The average Bonchev–Trinajstić information content (AvgIpc) is 2.47. The molecule has 8 heteroatoms. The van der Waals surface area contributed by atoms with E-state index in [4.69, 9.17) is 16.8 Å². The van der Waals surface area contributed by atoms with E-state index in [1.54, 1.807) is 0 Å². The quantitative estimate of drug-likeness (QED) is 0.438. The lowest BCUT2D eigenvalue weighted by atomic mass is 10.3. The van der Waals surface area contributed by atoms with E-state index in [2.05, 4.69) is 10.3 Å². The second-order valence-electron chi connectivity index (χ2n) is 2.50. The van der Waals surface area contributed by atoms with Crippen molar-refractivity contribution >= 4 is 28.3 Å². The highest BCUT2D eigenvalue weighted by molar-refractivity contribution is 6.33. The Balaban J connectivity index is 2.90. The van der Waals surface area contributed by atoms with Gasteiger partial charge in [-0.15, -0.1) is 5.10 Å². The Hall–Kier alpha value is -1.89. The summed E-state index contributed by atoms with van der Waals surface area (Å²) < 4.78 is 0. The van der Waals surface area contributed by atoms with Crippen LogP contribution in [0.15, 0.2) is 12.1 Å². The van der Waals surface area contributed by atoms with E-state index in [9.17, 15) is 10.1 Å². The van der Waals surface area contributed by atoms with E-state index in [0.717, 1.165) is 0 Å². The van der Waals surface area contributed by atoms with Gasteiger partial charge in [0.25, 0.3) is 0 Å². The van der Waals surface area contributed by atoms with Gasteiger partial charge in [0.15, 0.2) is 5.52 Å². The minimum Gasteiger partial charge on any atom is -0.410 e. The normalized spacial score (nSPS) is 10.6. The molecule has 1 heterocycles. The SMILES string of the molecule is O=[N+]([O-])c1c(Cl)ccc2c1nnn2O. The number of hydrogen-bond acceptors (Lipinski definition) is 5. The molecule has 0 aliphatic rings. The Labute approximate surface area is 81.6 Å². The Morgan fingerprint density at radius 1 is 1.57 bits per heavy atom. The van der Waals surface area contributed by atoms with Crippen LogP contribution in [0, 0.1) is 10.1 Å². The number of nitro benzene ring substituents is 1. The zero-order valence-electron chi connectivity index (χ0n) is 6.59. The first-order chi connectivity index (χ1) is 6.61. The molecule has 1 aromatic heterocycles. The summed E-state index contributed by atoms with van der Waals surface area (Å²) >= 11 is 5.61. The van der Waals surface area contributed by atoms with Crippen LogP contribution in [-0.4, -0.2) is 25.3 Å². The van der Waals surface area contributed by atoms with Crippen LogP contribution in [0.25, 0.3) is 11.0 Å². The molecular formula is C6H3ClN4O3.